The molecule has 1 saturated carbocycles. The van der Waals surface area contributed by atoms with Gasteiger partial charge in [-0.3, -0.25) is 4.79 Å². The smallest absolute Gasteiger partial charge is 0.306 e. The summed E-state index contributed by atoms with van der Waals surface area (Å²) in [5.74, 6) is 0.282. The first-order chi connectivity index (χ1) is 9.61. The Hall–Kier alpha value is -1.31. The minimum absolute atomic E-state index is 0.150. The molecule has 2 nitrogen and oxygen atoms in total. The fourth-order valence-electron chi connectivity index (χ4n) is 3.70. The summed E-state index contributed by atoms with van der Waals surface area (Å²) < 4.78 is 0. The fourth-order valence-corrected chi connectivity index (χ4v) is 3.70. The summed E-state index contributed by atoms with van der Waals surface area (Å²) in [7, 11) is 0. The Morgan fingerprint density at radius 2 is 2.05 bits per heavy atom. The molecule has 1 N–H and O–H groups in total. The maximum Gasteiger partial charge on any atom is 0.306 e. The summed E-state index contributed by atoms with van der Waals surface area (Å²) >= 11 is 0. The number of benzene rings is 1. The second-order valence-corrected chi connectivity index (χ2v) is 6.30. The van der Waals surface area contributed by atoms with Crippen molar-refractivity contribution in [2.45, 2.75) is 52.4 Å². The highest BCUT2D eigenvalue weighted by atomic mass is 16.4. The minimum atomic E-state index is -0.599. The molecule has 110 valence electrons. The van der Waals surface area contributed by atoms with Gasteiger partial charge in [0.25, 0.3) is 0 Å². The summed E-state index contributed by atoms with van der Waals surface area (Å²) in [5, 5.41) is 9.47. The van der Waals surface area contributed by atoms with Crippen LogP contribution in [0.4, 0.5) is 0 Å². The van der Waals surface area contributed by atoms with Gasteiger partial charge in [0.05, 0.1) is 5.92 Å². The Morgan fingerprint density at radius 3 is 2.70 bits per heavy atom. The number of aryl methyl sites for hydroxylation is 1. The van der Waals surface area contributed by atoms with Crippen LogP contribution in [0.3, 0.4) is 0 Å². The molecule has 3 unspecified atom stereocenters. The first-order valence-corrected chi connectivity index (χ1v) is 7.89. The SMILES string of the molecule is CCCC1CCC(C(=O)O)C(Cc2ccccc2C)C1. The molecule has 2 heteroatoms. The number of aliphatic carboxylic acids is 1. The van der Waals surface area contributed by atoms with E-state index >= 15 is 0 Å². The summed E-state index contributed by atoms with van der Waals surface area (Å²) in [6, 6.07) is 8.38. The first-order valence-electron chi connectivity index (χ1n) is 7.89. The van der Waals surface area contributed by atoms with E-state index in [0.717, 1.165) is 31.6 Å². The number of hydrogen-bond acceptors (Lipinski definition) is 1. The highest BCUT2D eigenvalue weighted by Crippen LogP contribution is 2.38. The predicted octanol–water partition coefficient (Wildman–Crippen LogP) is 4.45. The molecule has 1 aliphatic carbocycles. The van der Waals surface area contributed by atoms with E-state index in [4.69, 9.17) is 0 Å². The van der Waals surface area contributed by atoms with Gasteiger partial charge in [0.1, 0.15) is 0 Å². The first kappa shape index (κ1) is 15.1. The third kappa shape index (κ3) is 3.62. The molecule has 0 saturated heterocycles. The van der Waals surface area contributed by atoms with Crippen molar-refractivity contribution in [3.8, 4) is 0 Å². The van der Waals surface area contributed by atoms with Crippen LogP contribution in [0.1, 0.15) is 50.2 Å². The maximum atomic E-state index is 11.5. The molecule has 0 amide bonds. The molecule has 0 bridgehead atoms. The largest absolute Gasteiger partial charge is 0.481 e. The van der Waals surface area contributed by atoms with E-state index in [1.165, 1.54) is 24.0 Å². The van der Waals surface area contributed by atoms with Crippen molar-refractivity contribution < 1.29 is 9.90 Å². The fraction of sp³-hybridized carbons (Fsp3) is 0.611. The highest BCUT2D eigenvalue weighted by molar-refractivity contribution is 5.70. The molecule has 2 rings (SSSR count). The molecule has 0 aliphatic heterocycles. The van der Waals surface area contributed by atoms with Crippen LogP contribution < -0.4 is 0 Å². The Bertz CT molecular complexity index is 452. The quantitative estimate of drug-likeness (QED) is 0.861. The predicted molar refractivity (Wildman–Crippen MR) is 81.7 cm³/mol. The van der Waals surface area contributed by atoms with Crippen molar-refractivity contribution in [2.24, 2.45) is 17.8 Å². The van der Waals surface area contributed by atoms with Crippen LogP contribution in [0.15, 0.2) is 24.3 Å². The lowest BCUT2D eigenvalue weighted by molar-refractivity contribution is -0.145. The van der Waals surface area contributed by atoms with E-state index in [0.29, 0.717) is 5.92 Å². The minimum Gasteiger partial charge on any atom is -0.481 e. The van der Waals surface area contributed by atoms with E-state index in [1.54, 1.807) is 0 Å². The molecule has 1 aromatic carbocycles. The molecular formula is C18H26O2. The second-order valence-electron chi connectivity index (χ2n) is 6.30. The molecule has 20 heavy (non-hydrogen) atoms. The van der Waals surface area contributed by atoms with Gasteiger partial charge in [-0.05, 0) is 55.6 Å². The lowest BCUT2D eigenvalue weighted by Gasteiger charge is -2.34. The van der Waals surface area contributed by atoms with Gasteiger partial charge in [-0.2, -0.15) is 0 Å². The number of carboxylic acid groups (broad SMARTS) is 1. The Balaban J connectivity index is 2.11. The zero-order valence-electron chi connectivity index (χ0n) is 12.6. The van der Waals surface area contributed by atoms with E-state index in [1.807, 2.05) is 6.07 Å². The molecule has 3 atom stereocenters. The normalized spacial score (nSPS) is 26.4. The number of carboxylic acids is 1. The average molecular weight is 274 g/mol. The maximum absolute atomic E-state index is 11.5. The van der Waals surface area contributed by atoms with Crippen LogP contribution in [0.2, 0.25) is 0 Å². The Morgan fingerprint density at radius 1 is 1.30 bits per heavy atom. The van der Waals surface area contributed by atoms with Gasteiger partial charge in [0.2, 0.25) is 0 Å². The van der Waals surface area contributed by atoms with Crippen molar-refractivity contribution in [2.75, 3.05) is 0 Å². The summed E-state index contributed by atoms with van der Waals surface area (Å²) in [5.41, 5.74) is 2.61. The number of hydrogen-bond donors (Lipinski definition) is 1. The summed E-state index contributed by atoms with van der Waals surface area (Å²) in [4.78, 5) is 11.5. The molecular weight excluding hydrogens is 248 g/mol. The van der Waals surface area contributed by atoms with Crippen LogP contribution in [-0.2, 0) is 11.2 Å². The molecule has 0 heterocycles. The second kappa shape index (κ2) is 6.92. The van der Waals surface area contributed by atoms with Crippen molar-refractivity contribution in [3.05, 3.63) is 35.4 Å². The third-order valence-electron chi connectivity index (χ3n) is 4.85. The van der Waals surface area contributed by atoms with Crippen molar-refractivity contribution >= 4 is 5.97 Å². The summed E-state index contributed by atoms with van der Waals surface area (Å²) in [6.07, 6.45) is 6.41. The summed E-state index contributed by atoms with van der Waals surface area (Å²) in [6.45, 7) is 4.34. The lowest BCUT2D eigenvalue weighted by atomic mass is 9.70. The average Bonchev–Trinajstić information content (AvgIpc) is 2.42. The molecule has 1 fully saturated rings. The van der Waals surface area contributed by atoms with Crippen LogP contribution in [-0.4, -0.2) is 11.1 Å². The molecule has 1 aromatic rings. The van der Waals surface area contributed by atoms with E-state index in [9.17, 15) is 9.90 Å². The van der Waals surface area contributed by atoms with Crippen molar-refractivity contribution in [3.63, 3.8) is 0 Å². The van der Waals surface area contributed by atoms with Gasteiger partial charge < -0.3 is 5.11 Å². The molecule has 0 aromatic heterocycles. The Kier molecular flexibility index (Phi) is 5.22. The lowest BCUT2D eigenvalue weighted by Crippen LogP contribution is -2.32. The number of carbonyl (C=O) groups is 1. The molecule has 1 aliphatic rings. The monoisotopic (exact) mass is 274 g/mol. The van der Waals surface area contributed by atoms with Gasteiger partial charge in [-0.1, -0.05) is 44.0 Å². The Labute approximate surface area is 122 Å². The van der Waals surface area contributed by atoms with E-state index in [-0.39, 0.29) is 5.92 Å². The topological polar surface area (TPSA) is 37.3 Å². The van der Waals surface area contributed by atoms with Crippen molar-refractivity contribution in [1.82, 2.24) is 0 Å². The van der Waals surface area contributed by atoms with Gasteiger partial charge in [0, 0.05) is 0 Å². The zero-order chi connectivity index (χ0) is 14.5. The van der Waals surface area contributed by atoms with Crippen molar-refractivity contribution in [1.29, 1.82) is 0 Å². The van der Waals surface area contributed by atoms with Crippen LogP contribution in [0.25, 0.3) is 0 Å². The van der Waals surface area contributed by atoms with Crippen LogP contribution in [0, 0.1) is 24.7 Å². The van der Waals surface area contributed by atoms with E-state index < -0.39 is 5.97 Å². The number of rotatable bonds is 5. The highest BCUT2D eigenvalue weighted by Gasteiger charge is 2.34. The van der Waals surface area contributed by atoms with Gasteiger partial charge in [-0.25, -0.2) is 0 Å². The van der Waals surface area contributed by atoms with Gasteiger partial charge >= 0.3 is 5.97 Å². The zero-order valence-corrected chi connectivity index (χ0v) is 12.6. The van der Waals surface area contributed by atoms with Crippen LogP contribution in [0.5, 0.6) is 0 Å². The van der Waals surface area contributed by atoms with Crippen LogP contribution >= 0.6 is 0 Å². The van der Waals surface area contributed by atoms with E-state index in [2.05, 4.69) is 32.0 Å². The molecule has 0 radical (unpaired) electrons. The van der Waals surface area contributed by atoms with Gasteiger partial charge in [0.15, 0.2) is 0 Å². The third-order valence-corrected chi connectivity index (χ3v) is 4.85. The standard InChI is InChI=1S/C18H26O2/c1-3-6-14-9-10-17(18(19)20)16(11-14)12-15-8-5-4-7-13(15)2/h4-5,7-8,14,16-17H,3,6,9-12H2,1-2H3,(H,19,20). The molecule has 0 spiro atoms. The van der Waals surface area contributed by atoms with Gasteiger partial charge in [-0.15, -0.1) is 0 Å².